The van der Waals surface area contributed by atoms with Gasteiger partial charge in [-0.25, -0.2) is 0 Å². The second-order valence-corrected chi connectivity index (χ2v) is 5.07. The Kier molecular flexibility index (Phi) is 5.28. The van der Waals surface area contributed by atoms with Gasteiger partial charge in [-0.1, -0.05) is 0 Å². The lowest BCUT2D eigenvalue weighted by Crippen LogP contribution is -2.36. The summed E-state index contributed by atoms with van der Waals surface area (Å²) in [5.41, 5.74) is 6.42. The molecule has 0 bridgehead atoms. The predicted octanol–water partition coefficient (Wildman–Crippen LogP) is 2.01. The molecule has 17 heavy (non-hydrogen) atoms. The van der Waals surface area contributed by atoms with Gasteiger partial charge < -0.3 is 10.6 Å². The lowest BCUT2D eigenvalue weighted by molar-refractivity contribution is -0.129. The predicted molar refractivity (Wildman–Crippen MR) is 71.9 cm³/mol. The van der Waals surface area contributed by atoms with Crippen LogP contribution in [0, 0.1) is 0 Å². The number of nitrogens with zero attached hydrogens (tertiary/aromatic N) is 2. The number of thioether (sulfide) groups is 1. The van der Waals surface area contributed by atoms with Crippen molar-refractivity contribution in [3.63, 3.8) is 0 Å². The van der Waals surface area contributed by atoms with Gasteiger partial charge in [0.2, 0.25) is 5.91 Å². The minimum absolute atomic E-state index is 0.125. The molecule has 0 aliphatic heterocycles. The second-order valence-electron chi connectivity index (χ2n) is 3.68. The van der Waals surface area contributed by atoms with E-state index in [1.807, 2.05) is 31.7 Å². The molecule has 4 nitrogen and oxygen atoms in total. The van der Waals surface area contributed by atoms with E-state index in [9.17, 15) is 4.79 Å². The smallest absolute Gasteiger partial charge is 0.235 e. The van der Waals surface area contributed by atoms with Gasteiger partial charge in [0.25, 0.3) is 0 Å². The van der Waals surface area contributed by atoms with Gasteiger partial charge in [0, 0.05) is 24.2 Å². The van der Waals surface area contributed by atoms with E-state index in [4.69, 9.17) is 5.73 Å². The topological polar surface area (TPSA) is 59.2 Å². The summed E-state index contributed by atoms with van der Waals surface area (Å²) in [5, 5.41) is -0.125. The maximum Gasteiger partial charge on any atom is 0.235 e. The van der Waals surface area contributed by atoms with Crippen LogP contribution in [0.3, 0.4) is 0 Å². The number of carbonyl (C=O) groups is 1. The van der Waals surface area contributed by atoms with E-state index < -0.39 is 0 Å². The fourth-order valence-corrected chi connectivity index (χ4v) is 2.49. The average molecular weight is 253 g/mol. The molecule has 1 aromatic heterocycles. The van der Waals surface area contributed by atoms with Crippen LogP contribution in [0.15, 0.2) is 23.4 Å². The number of pyridine rings is 1. The van der Waals surface area contributed by atoms with Crippen LogP contribution in [0.25, 0.3) is 0 Å². The summed E-state index contributed by atoms with van der Waals surface area (Å²) < 4.78 is 0. The number of aromatic nitrogens is 1. The summed E-state index contributed by atoms with van der Waals surface area (Å²) >= 11 is 1.48. The number of rotatable bonds is 5. The van der Waals surface area contributed by atoms with Crippen molar-refractivity contribution in [1.29, 1.82) is 0 Å². The minimum Gasteiger partial charge on any atom is -0.397 e. The van der Waals surface area contributed by atoms with Gasteiger partial charge in [0.1, 0.15) is 0 Å². The molecule has 1 aromatic rings. The fraction of sp³-hybridized carbons (Fsp3) is 0.500. The van der Waals surface area contributed by atoms with Gasteiger partial charge in [-0.05, 0) is 26.8 Å². The first-order chi connectivity index (χ1) is 8.10. The highest BCUT2D eigenvalue weighted by molar-refractivity contribution is 8.00. The summed E-state index contributed by atoms with van der Waals surface area (Å²) in [6.07, 6.45) is 3.30. The monoisotopic (exact) mass is 253 g/mol. The highest BCUT2D eigenvalue weighted by Gasteiger charge is 2.19. The summed E-state index contributed by atoms with van der Waals surface area (Å²) in [7, 11) is 0. The van der Waals surface area contributed by atoms with Crippen molar-refractivity contribution in [2.45, 2.75) is 30.9 Å². The van der Waals surface area contributed by atoms with Gasteiger partial charge in [-0.2, -0.15) is 0 Å². The van der Waals surface area contributed by atoms with E-state index >= 15 is 0 Å². The number of hydrogen-bond donors (Lipinski definition) is 1. The standard InChI is InChI=1S/C12H19N3OS/c1-4-15(5-2)12(16)9(3)17-11-6-7-14-8-10(11)13/h6-9H,4-5,13H2,1-3H3. The van der Waals surface area contributed by atoms with E-state index in [2.05, 4.69) is 4.98 Å². The zero-order chi connectivity index (χ0) is 12.8. The number of anilines is 1. The molecule has 5 heteroatoms. The average Bonchev–Trinajstić information content (AvgIpc) is 2.33. The summed E-state index contributed by atoms with van der Waals surface area (Å²) in [6, 6.07) is 1.84. The van der Waals surface area contributed by atoms with Crippen molar-refractivity contribution < 1.29 is 4.79 Å². The van der Waals surface area contributed by atoms with E-state index in [1.54, 1.807) is 12.4 Å². The number of hydrogen-bond acceptors (Lipinski definition) is 4. The Balaban J connectivity index is 2.69. The Morgan fingerprint density at radius 2 is 2.18 bits per heavy atom. The van der Waals surface area contributed by atoms with Crippen LogP contribution in [0.2, 0.25) is 0 Å². The molecule has 0 radical (unpaired) electrons. The molecule has 0 fully saturated rings. The van der Waals surface area contributed by atoms with Gasteiger partial charge in [-0.15, -0.1) is 11.8 Å². The van der Waals surface area contributed by atoms with Crippen LogP contribution in [0.5, 0.6) is 0 Å². The molecular weight excluding hydrogens is 234 g/mol. The molecule has 0 spiro atoms. The maximum absolute atomic E-state index is 12.1. The molecule has 2 N–H and O–H groups in total. The van der Waals surface area contributed by atoms with Gasteiger partial charge in [0.15, 0.2) is 0 Å². The van der Waals surface area contributed by atoms with Crippen LogP contribution < -0.4 is 5.73 Å². The molecule has 0 aliphatic carbocycles. The third-order valence-electron chi connectivity index (χ3n) is 2.54. The Morgan fingerprint density at radius 1 is 1.53 bits per heavy atom. The minimum atomic E-state index is -0.125. The molecule has 0 saturated heterocycles. The Morgan fingerprint density at radius 3 is 2.71 bits per heavy atom. The molecule has 1 amide bonds. The fourth-order valence-electron chi connectivity index (χ4n) is 1.53. The molecule has 0 aliphatic rings. The maximum atomic E-state index is 12.1. The molecule has 1 unspecified atom stereocenters. The molecular formula is C12H19N3OS. The highest BCUT2D eigenvalue weighted by Crippen LogP contribution is 2.28. The van der Waals surface area contributed by atoms with Gasteiger partial charge >= 0.3 is 0 Å². The van der Waals surface area contributed by atoms with Crippen molar-refractivity contribution in [2.24, 2.45) is 0 Å². The second kappa shape index (κ2) is 6.49. The molecule has 94 valence electrons. The first-order valence-electron chi connectivity index (χ1n) is 5.75. The van der Waals surface area contributed by atoms with Crippen LogP contribution in [0.1, 0.15) is 20.8 Å². The lowest BCUT2D eigenvalue weighted by Gasteiger charge is -2.22. The number of carbonyl (C=O) groups excluding carboxylic acids is 1. The third-order valence-corrected chi connectivity index (χ3v) is 3.72. The first-order valence-corrected chi connectivity index (χ1v) is 6.63. The van der Waals surface area contributed by atoms with Gasteiger partial charge in [-0.3, -0.25) is 9.78 Å². The van der Waals surface area contributed by atoms with Crippen molar-refractivity contribution in [3.8, 4) is 0 Å². The zero-order valence-corrected chi connectivity index (χ0v) is 11.3. The summed E-state index contributed by atoms with van der Waals surface area (Å²) in [4.78, 5) is 18.7. The highest BCUT2D eigenvalue weighted by atomic mass is 32.2. The Bertz CT molecular complexity index is 380. The first kappa shape index (κ1) is 13.8. The van der Waals surface area contributed by atoms with Crippen molar-refractivity contribution in [3.05, 3.63) is 18.5 Å². The summed E-state index contributed by atoms with van der Waals surface area (Å²) in [6.45, 7) is 7.36. The van der Waals surface area contributed by atoms with Crippen LogP contribution in [-0.4, -0.2) is 34.1 Å². The molecule has 0 saturated carbocycles. The number of amides is 1. The SMILES string of the molecule is CCN(CC)C(=O)C(C)Sc1ccncc1N. The molecule has 1 heterocycles. The molecule has 1 rings (SSSR count). The van der Waals surface area contributed by atoms with Crippen molar-refractivity contribution in [2.75, 3.05) is 18.8 Å². The Labute approximate surface area is 107 Å². The largest absolute Gasteiger partial charge is 0.397 e. The van der Waals surface area contributed by atoms with Crippen LogP contribution in [0.4, 0.5) is 5.69 Å². The Hall–Kier alpha value is -1.23. The van der Waals surface area contributed by atoms with Crippen molar-refractivity contribution >= 4 is 23.4 Å². The normalized spacial score (nSPS) is 12.2. The third kappa shape index (κ3) is 3.63. The van der Waals surface area contributed by atoms with Crippen LogP contribution >= 0.6 is 11.8 Å². The van der Waals surface area contributed by atoms with Gasteiger partial charge in [0.05, 0.1) is 17.1 Å². The quantitative estimate of drug-likeness (QED) is 0.816. The van der Waals surface area contributed by atoms with Crippen LogP contribution in [-0.2, 0) is 4.79 Å². The van der Waals surface area contributed by atoms with E-state index in [1.165, 1.54) is 11.8 Å². The lowest BCUT2D eigenvalue weighted by atomic mass is 10.4. The van der Waals surface area contributed by atoms with E-state index in [0.29, 0.717) is 5.69 Å². The van der Waals surface area contributed by atoms with Crippen molar-refractivity contribution in [1.82, 2.24) is 9.88 Å². The molecule has 1 atom stereocenters. The van der Waals surface area contributed by atoms with E-state index in [-0.39, 0.29) is 11.2 Å². The number of nitrogens with two attached hydrogens (primary N) is 1. The molecule has 0 aromatic carbocycles. The summed E-state index contributed by atoms with van der Waals surface area (Å²) in [5.74, 6) is 0.149. The van der Waals surface area contributed by atoms with E-state index in [0.717, 1.165) is 18.0 Å². The number of nitrogen functional groups attached to an aromatic ring is 1. The zero-order valence-electron chi connectivity index (χ0n) is 10.5.